The van der Waals surface area contributed by atoms with Gasteiger partial charge in [-0.05, 0) is 12.1 Å². The first-order valence-corrected chi connectivity index (χ1v) is 4.26. The standard InChI is InChI=1S/C9H10F4N2O/c10-8(11)9(12,13)4-16-5-1-2-6(14)7(15)3-5/h1-3,8H,4,14-15H2. The molecule has 0 aliphatic heterocycles. The molecule has 90 valence electrons. The number of hydrogen-bond acceptors (Lipinski definition) is 3. The Kier molecular flexibility index (Phi) is 3.46. The van der Waals surface area contributed by atoms with E-state index in [2.05, 4.69) is 4.74 Å². The third-order valence-electron chi connectivity index (χ3n) is 1.81. The summed E-state index contributed by atoms with van der Waals surface area (Å²) in [6, 6.07) is 3.80. The van der Waals surface area contributed by atoms with Crippen LogP contribution in [0.1, 0.15) is 0 Å². The highest BCUT2D eigenvalue weighted by molar-refractivity contribution is 5.65. The summed E-state index contributed by atoms with van der Waals surface area (Å²) in [5, 5.41) is 0. The summed E-state index contributed by atoms with van der Waals surface area (Å²) in [5.74, 6) is -4.22. The van der Waals surface area contributed by atoms with Crippen LogP contribution >= 0.6 is 0 Å². The fraction of sp³-hybridized carbons (Fsp3) is 0.333. The van der Waals surface area contributed by atoms with Crippen molar-refractivity contribution in [1.82, 2.24) is 0 Å². The minimum absolute atomic E-state index is 0.0352. The van der Waals surface area contributed by atoms with Gasteiger partial charge in [-0.2, -0.15) is 8.78 Å². The van der Waals surface area contributed by atoms with Crippen LogP contribution in [0.2, 0.25) is 0 Å². The monoisotopic (exact) mass is 238 g/mol. The van der Waals surface area contributed by atoms with Gasteiger partial charge in [-0.1, -0.05) is 0 Å². The molecular formula is C9H10F4N2O. The average molecular weight is 238 g/mol. The molecule has 0 fully saturated rings. The van der Waals surface area contributed by atoms with Gasteiger partial charge < -0.3 is 16.2 Å². The Morgan fingerprint density at radius 1 is 1.19 bits per heavy atom. The average Bonchev–Trinajstić information content (AvgIpc) is 2.20. The highest BCUT2D eigenvalue weighted by Gasteiger charge is 2.41. The van der Waals surface area contributed by atoms with E-state index in [1.165, 1.54) is 18.2 Å². The number of nitrogen functional groups attached to an aromatic ring is 2. The number of hydrogen-bond donors (Lipinski definition) is 2. The fourth-order valence-corrected chi connectivity index (χ4v) is 0.885. The van der Waals surface area contributed by atoms with Crippen LogP contribution in [-0.4, -0.2) is 19.0 Å². The summed E-state index contributed by atoms with van der Waals surface area (Å²) in [6.07, 6.45) is -3.77. The zero-order valence-corrected chi connectivity index (χ0v) is 8.09. The molecule has 4 N–H and O–H groups in total. The summed E-state index contributed by atoms with van der Waals surface area (Å²) < 4.78 is 53.0. The van der Waals surface area contributed by atoms with E-state index in [0.29, 0.717) is 0 Å². The third kappa shape index (κ3) is 2.91. The molecule has 7 heteroatoms. The van der Waals surface area contributed by atoms with Crippen LogP contribution in [0.5, 0.6) is 5.75 Å². The highest BCUT2D eigenvalue weighted by Crippen LogP contribution is 2.26. The van der Waals surface area contributed by atoms with Crippen LogP contribution in [0, 0.1) is 0 Å². The second-order valence-corrected chi connectivity index (χ2v) is 3.14. The molecule has 0 aliphatic carbocycles. The molecule has 0 aromatic heterocycles. The van der Waals surface area contributed by atoms with Crippen LogP contribution in [-0.2, 0) is 0 Å². The predicted octanol–water partition coefficient (Wildman–Crippen LogP) is 2.13. The molecule has 0 radical (unpaired) electrons. The number of anilines is 2. The van der Waals surface area contributed by atoms with Gasteiger partial charge >= 0.3 is 12.3 Å². The van der Waals surface area contributed by atoms with Crippen molar-refractivity contribution in [3.63, 3.8) is 0 Å². The predicted molar refractivity (Wildman–Crippen MR) is 51.7 cm³/mol. The molecule has 0 bridgehead atoms. The van der Waals surface area contributed by atoms with Crippen molar-refractivity contribution in [2.75, 3.05) is 18.1 Å². The molecule has 0 saturated carbocycles. The van der Waals surface area contributed by atoms with E-state index in [0.717, 1.165) is 0 Å². The first-order valence-electron chi connectivity index (χ1n) is 4.26. The molecule has 16 heavy (non-hydrogen) atoms. The van der Waals surface area contributed by atoms with Gasteiger partial charge in [0, 0.05) is 6.07 Å². The van der Waals surface area contributed by atoms with E-state index in [1.807, 2.05) is 0 Å². The molecule has 0 aliphatic rings. The third-order valence-corrected chi connectivity index (χ3v) is 1.81. The van der Waals surface area contributed by atoms with Crippen LogP contribution in [0.15, 0.2) is 18.2 Å². The Bertz CT molecular complexity index is 371. The van der Waals surface area contributed by atoms with Gasteiger partial charge in [0.2, 0.25) is 0 Å². The van der Waals surface area contributed by atoms with Crippen molar-refractivity contribution in [2.45, 2.75) is 12.3 Å². The topological polar surface area (TPSA) is 61.3 Å². The Morgan fingerprint density at radius 2 is 1.81 bits per heavy atom. The van der Waals surface area contributed by atoms with Gasteiger partial charge in [0.1, 0.15) is 5.75 Å². The van der Waals surface area contributed by atoms with Crippen LogP contribution in [0.4, 0.5) is 28.9 Å². The molecule has 0 spiro atoms. The molecule has 3 nitrogen and oxygen atoms in total. The molecule has 0 heterocycles. The number of ether oxygens (including phenoxy) is 1. The molecule has 0 amide bonds. The lowest BCUT2D eigenvalue weighted by atomic mass is 10.2. The van der Waals surface area contributed by atoms with Gasteiger partial charge in [-0.25, -0.2) is 8.78 Å². The van der Waals surface area contributed by atoms with Crippen molar-refractivity contribution in [1.29, 1.82) is 0 Å². The molecule has 0 atom stereocenters. The summed E-state index contributed by atoms with van der Waals surface area (Å²) >= 11 is 0. The Morgan fingerprint density at radius 3 is 2.31 bits per heavy atom. The zero-order chi connectivity index (χ0) is 12.3. The Balaban J connectivity index is 2.65. The molecule has 0 saturated heterocycles. The molecule has 1 rings (SSSR count). The van der Waals surface area contributed by atoms with Gasteiger partial charge in [0.15, 0.2) is 6.61 Å². The van der Waals surface area contributed by atoms with Crippen molar-refractivity contribution < 1.29 is 22.3 Å². The normalized spacial score (nSPS) is 11.8. The quantitative estimate of drug-likeness (QED) is 0.624. The lowest BCUT2D eigenvalue weighted by Gasteiger charge is -2.16. The molecule has 1 aromatic rings. The van der Waals surface area contributed by atoms with E-state index in [9.17, 15) is 17.6 Å². The summed E-state index contributed by atoms with van der Waals surface area (Å²) in [5.41, 5.74) is 11.1. The van der Waals surface area contributed by atoms with E-state index < -0.39 is 19.0 Å². The van der Waals surface area contributed by atoms with E-state index in [-0.39, 0.29) is 17.1 Å². The van der Waals surface area contributed by atoms with Crippen molar-refractivity contribution >= 4 is 11.4 Å². The SMILES string of the molecule is Nc1ccc(OCC(F)(F)C(F)F)cc1N. The second-order valence-electron chi connectivity index (χ2n) is 3.14. The Labute approximate surface area is 89.0 Å². The maximum atomic E-state index is 12.5. The summed E-state index contributed by atoms with van der Waals surface area (Å²) in [7, 11) is 0. The molecule has 0 unspecified atom stereocenters. The summed E-state index contributed by atoms with van der Waals surface area (Å²) in [6.45, 7) is -1.41. The zero-order valence-electron chi connectivity index (χ0n) is 8.09. The lowest BCUT2D eigenvalue weighted by Crippen LogP contribution is -2.33. The number of nitrogens with two attached hydrogens (primary N) is 2. The lowest BCUT2D eigenvalue weighted by molar-refractivity contribution is -0.148. The number of rotatable bonds is 4. The van der Waals surface area contributed by atoms with Crippen molar-refractivity contribution in [3.05, 3.63) is 18.2 Å². The Hall–Kier alpha value is -1.66. The minimum atomic E-state index is -4.18. The van der Waals surface area contributed by atoms with E-state index >= 15 is 0 Å². The van der Waals surface area contributed by atoms with Crippen LogP contribution < -0.4 is 16.2 Å². The smallest absolute Gasteiger partial charge is 0.340 e. The maximum absolute atomic E-state index is 12.5. The number of alkyl halides is 4. The maximum Gasteiger partial charge on any atom is 0.340 e. The molecule has 1 aromatic carbocycles. The van der Waals surface area contributed by atoms with Gasteiger partial charge in [-0.3, -0.25) is 0 Å². The highest BCUT2D eigenvalue weighted by atomic mass is 19.3. The first kappa shape index (κ1) is 12.4. The molecular weight excluding hydrogens is 228 g/mol. The van der Waals surface area contributed by atoms with E-state index in [1.54, 1.807) is 0 Å². The summed E-state index contributed by atoms with van der Waals surface area (Å²) in [4.78, 5) is 0. The number of halogens is 4. The largest absolute Gasteiger partial charge is 0.487 e. The minimum Gasteiger partial charge on any atom is -0.487 e. The fourth-order valence-electron chi connectivity index (χ4n) is 0.885. The second kappa shape index (κ2) is 4.46. The van der Waals surface area contributed by atoms with Crippen LogP contribution in [0.25, 0.3) is 0 Å². The van der Waals surface area contributed by atoms with E-state index in [4.69, 9.17) is 11.5 Å². The van der Waals surface area contributed by atoms with Crippen molar-refractivity contribution in [3.8, 4) is 5.75 Å². The van der Waals surface area contributed by atoms with Gasteiger partial charge in [-0.15, -0.1) is 0 Å². The first-order chi connectivity index (χ1) is 7.33. The van der Waals surface area contributed by atoms with Crippen molar-refractivity contribution in [2.24, 2.45) is 0 Å². The number of benzene rings is 1. The van der Waals surface area contributed by atoms with Gasteiger partial charge in [0.25, 0.3) is 0 Å². The van der Waals surface area contributed by atoms with Crippen LogP contribution in [0.3, 0.4) is 0 Å². The van der Waals surface area contributed by atoms with Gasteiger partial charge in [0.05, 0.1) is 11.4 Å².